The number of rotatable bonds is 13. The van der Waals surface area contributed by atoms with E-state index in [-0.39, 0.29) is 79.3 Å². The van der Waals surface area contributed by atoms with Crippen molar-refractivity contribution in [1.82, 2.24) is 15.5 Å². The molecule has 1 aliphatic rings. The molecule has 3 atom stereocenters. The molecule has 11 nitrogen and oxygen atoms in total. The average molecular weight is 587 g/mol. The third-order valence-electron chi connectivity index (χ3n) is 7.17. The predicted octanol–water partition coefficient (Wildman–Crippen LogP) is 3.17. The lowest BCUT2D eigenvalue weighted by atomic mass is 9.80. The highest BCUT2D eigenvalue weighted by molar-refractivity contribution is 6.04. The minimum absolute atomic E-state index is 0.0381. The number of benzene rings is 1. The van der Waals surface area contributed by atoms with Crippen molar-refractivity contribution in [3.05, 3.63) is 29.8 Å². The van der Waals surface area contributed by atoms with Gasteiger partial charge in [-0.3, -0.25) is 33.7 Å². The maximum absolute atomic E-state index is 13.0. The van der Waals surface area contributed by atoms with E-state index >= 15 is 0 Å². The molecule has 42 heavy (non-hydrogen) atoms. The van der Waals surface area contributed by atoms with Crippen molar-refractivity contribution in [3.63, 3.8) is 0 Å². The first kappa shape index (κ1) is 34.4. The van der Waals surface area contributed by atoms with E-state index in [1.165, 1.54) is 4.90 Å². The van der Waals surface area contributed by atoms with Crippen molar-refractivity contribution in [2.24, 2.45) is 23.2 Å². The van der Waals surface area contributed by atoms with Crippen LogP contribution in [0.1, 0.15) is 80.2 Å². The summed E-state index contributed by atoms with van der Waals surface area (Å²) in [6.07, 6.45) is 0.498. The summed E-state index contributed by atoms with van der Waals surface area (Å²) < 4.78 is 5.20. The van der Waals surface area contributed by atoms with Crippen LogP contribution in [0.5, 0.6) is 0 Å². The van der Waals surface area contributed by atoms with Gasteiger partial charge >= 0.3 is 5.97 Å². The fraction of sp³-hybridized carbons (Fsp3) is 0.613. The van der Waals surface area contributed by atoms with Gasteiger partial charge in [-0.1, -0.05) is 60.6 Å². The van der Waals surface area contributed by atoms with Crippen LogP contribution in [-0.4, -0.2) is 59.0 Å². The molecule has 1 aromatic rings. The Morgan fingerprint density at radius 3 is 2.10 bits per heavy atom. The van der Waals surface area contributed by atoms with Crippen LogP contribution in [0.3, 0.4) is 0 Å². The van der Waals surface area contributed by atoms with Gasteiger partial charge in [0.05, 0.1) is 11.8 Å². The van der Waals surface area contributed by atoms with Gasteiger partial charge in [-0.25, -0.2) is 0 Å². The lowest BCUT2D eigenvalue weighted by Crippen LogP contribution is -2.53. The molecule has 1 saturated heterocycles. The van der Waals surface area contributed by atoms with Crippen LogP contribution < -0.4 is 16.0 Å². The van der Waals surface area contributed by atoms with Crippen molar-refractivity contribution >= 4 is 41.2 Å². The highest BCUT2D eigenvalue weighted by Gasteiger charge is 2.44. The molecule has 1 aliphatic heterocycles. The summed E-state index contributed by atoms with van der Waals surface area (Å²) in [4.78, 5) is 76.2. The number of hydrogen-bond acceptors (Lipinski definition) is 7. The molecule has 5 amide bonds. The number of hydrogen-bond donors (Lipinski definition) is 3. The Balaban J connectivity index is 1.84. The fourth-order valence-corrected chi connectivity index (χ4v) is 4.40. The predicted molar refractivity (Wildman–Crippen MR) is 158 cm³/mol. The Morgan fingerprint density at radius 1 is 0.952 bits per heavy atom. The van der Waals surface area contributed by atoms with Crippen molar-refractivity contribution < 1.29 is 33.5 Å². The molecular formula is C31H46N4O7. The number of ether oxygens (including phenoxy) is 1. The van der Waals surface area contributed by atoms with Crippen LogP contribution in [0.25, 0.3) is 0 Å². The van der Waals surface area contributed by atoms with Gasteiger partial charge in [0.25, 0.3) is 0 Å². The van der Waals surface area contributed by atoms with E-state index in [2.05, 4.69) is 16.0 Å². The van der Waals surface area contributed by atoms with Gasteiger partial charge in [-0.15, -0.1) is 0 Å². The normalized spacial score (nSPS) is 16.8. The molecule has 1 fully saturated rings. The molecule has 0 radical (unpaired) electrons. The average Bonchev–Trinajstić information content (AvgIpc) is 3.19. The number of carbonyl (C=O) groups excluding carboxylic acids is 6. The zero-order chi connectivity index (χ0) is 31.8. The van der Waals surface area contributed by atoms with E-state index in [9.17, 15) is 28.8 Å². The second kappa shape index (κ2) is 14.9. The molecule has 1 unspecified atom stereocenters. The van der Waals surface area contributed by atoms with Crippen molar-refractivity contribution in [1.29, 1.82) is 0 Å². The van der Waals surface area contributed by atoms with E-state index < -0.39 is 23.9 Å². The van der Waals surface area contributed by atoms with E-state index in [1.807, 2.05) is 20.8 Å². The highest BCUT2D eigenvalue weighted by atomic mass is 16.5. The molecule has 1 heterocycles. The number of nitrogens with one attached hydrogen (secondary N) is 3. The van der Waals surface area contributed by atoms with Gasteiger partial charge in [0.2, 0.25) is 29.5 Å². The first-order valence-electron chi connectivity index (χ1n) is 14.5. The van der Waals surface area contributed by atoms with Crippen molar-refractivity contribution in [2.75, 3.05) is 11.9 Å². The molecule has 232 valence electrons. The molecule has 0 saturated carbocycles. The van der Waals surface area contributed by atoms with Gasteiger partial charge in [0, 0.05) is 25.1 Å². The second-order valence-corrected chi connectivity index (χ2v) is 12.6. The van der Waals surface area contributed by atoms with Crippen molar-refractivity contribution in [3.8, 4) is 0 Å². The van der Waals surface area contributed by atoms with E-state index in [0.29, 0.717) is 5.69 Å². The number of carbonyl (C=O) groups is 6. The standard InChI is InChI=1S/C31H46N4O7/c1-18(2)26(34-24(36)10-9-15-35-25(37)16-23(29(35)40)31(6,7)8)28(39)32-20(5)27(38)33-22-13-11-21(12-14-22)17-42-30(41)19(3)4/h11-14,18-20,23,26H,9-10,15-17H2,1-8H3,(H,32,39)(H,33,38)(H,34,36)/t20-,23?,26-/m0/s1. The van der Waals surface area contributed by atoms with Gasteiger partial charge < -0.3 is 20.7 Å². The summed E-state index contributed by atoms with van der Waals surface area (Å²) in [6.45, 7) is 14.7. The first-order chi connectivity index (χ1) is 19.5. The third kappa shape index (κ3) is 9.95. The minimum Gasteiger partial charge on any atom is -0.461 e. The van der Waals surface area contributed by atoms with Crippen LogP contribution in [0.2, 0.25) is 0 Å². The van der Waals surface area contributed by atoms with Crippen LogP contribution in [0, 0.1) is 23.2 Å². The van der Waals surface area contributed by atoms with Crippen molar-refractivity contribution in [2.45, 2.75) is 93.3 Å². The van der Waals surface area contributed by atoms with Crippen LogP contribution in [-0.2, 0) is 40.1 Å². The second-order valence-electron chi connectivity index (χ2n) is 12.6. The number of imide groups is 1. The summed E-state index contributed by atoms with van der Waals surface area (Å²) in [6, 6.07) is 5.06. The maximum atomic E-state index is 13.0. The lowest BCUT2D eigenvalue weighted by molar-refractivity contribution is -0.148. The monoisotopic (exact) mass is 586 g/mol. The van der Waals surface area contributed by atoms with Gasteiger partial charge in [0.1, 0.15) is 18.7 Å². The lowest BCUT2D eigenvalue weighted by Gasteiger charge is -2.25. The molecule has 0 bridgehead atoms. The molecule has 0 aliphatic carbocycles. The Kier molecular flexibility index (Phi) is 12.2. The summed E-state index contributed by atoms with van der Waals surface area (Å²) >= 11 is 0. The summed E-state index contributed by atoms with van der Waals surface area (Å²) in [5.41, 5.74) is 0.963. The first-order valence-corrected chi connectivity index (χ1v) is 14.5. The number of likely N-dealkylation sites (tertiary alicyclic amines) is 1. The number of amides is 5. The highest BCUT2D eigenvalue weighted by Crippen LogP contribution is 2.35. The van der Waals surface area contributed by atoms with Gasteiger partial charge in [-0.2, -0.15) is 0 Å². The van der Waals surface area contributed by atoms with E-state index in [0.717, 1.165) is 5.56 Å². The molecule has 1 aromatic carbocycles. The topological polar surface area (TPSA) is 151 Å². The molecule has 2 rings (SSSR count). The number of nitrogens with zero attached hydrogens (tertiary/aromatic N) is 1. The number of esters is 1. The summed E-state index contributed by atoms with van der Waals surface area (Å²) in [5.74, 6) is -2.89. The smallest absolute Gasteiger partial charge is 0.308 e. The van der Waals surface area contributed by atoms with Crippen LogP contribution in [0.4, 0.5) is 5.69 Å². The Labute approximate surface area is 248 Å². The number of anilines is 1. The molecule has 3 N–H and O–H groups in total. The third-order valence-corrected chi connectivity index (χ3v) is 7.17. The van der Waals surface area contributed by atoms with Crippen LogP contribution in [0.15, 0.2) is 24.3 Å². The zero-order valence-electron chi connectivity index (χ0n) is 26.0. The molecule has 0 spiro atoms. The van der Waals surface area contributed by atoms with E-state index in [4.69, 9.17) is 4.74 Å². The largest absolute Gasteiger partial charge is 0.461 e. The SMILES string of the molecule is CC(C)C(=O)OCc1ccc(NC(=O)[C@H](C)NC(=O)[C@@H](NC(=O)CCCN2C(=O)CC(C(C)(C)C)C2=O)C(C)C)cc1. The summed E-state index contributed by atoms with van der Waals surface area (Å²) in [5, 5.41) is 8.10. The minimum atomic E-state index is -0.884. The van der Waals surface area contributed by atoms with Gasteiger partial charge in [0.15, 0.2) is 0 Å². The molecular weight excluding hydrogens is 540 g/mol. The van der Waals surface area contributed by atoms with Gasteiger partial charge in [-0.05, 0) is 42.4 Å². The summed E-state index contributed by atoms with van der Waals surface area (Å²) in [7, 11) is 0. The van der Waals surface area contributed by atoms with Crippen LogP contribution >= 0.6 is 0 Å². The molecule has 0 aromatic heterocycles. The van der Waals surface area contributed by atoms with E-state index in [1.54, 1.807) is 58.9 Å². The Morgan fingerprint density at radius 2 is 1.57 bits per heavy atom. The maximum Gasteiger partial charge on any atom is 0.308 e. The zero-order valence-corrected chi connectivity index (χ0v) is 26.0. The quantitative estimate of drug-likeness (QED) is 0.237. The Bertz CT molecular complexity index is 1150. The fourth-order valence-electron chi connectivity index (χ4n) is 4.40. The molecule has 11 heteroatoms. The Hall–Kier alpha value is -3.76.